The van der Waals surface area contributed by atoms with Gasteiger partial charge >= 0.3 is 0 Å². The molecule has 0 fully saturated rings. The van der Waals surface area contributed by atoms with Gasteiger partial charge in [0.25, 0.3) is 0 Å². The maximum absolute atomic E-state index is 5.29. The maximum Gasteiger partial charge on any atom is 0.116 e. The van der Waals surface area contributed by atoms with E-state index in [1.807, 2.05) is 6.92 Å². The Labute approximate surface area is 48.3 Å². The first-order valence-electron chi connectivity index (χ1n) is 2.48. The average Bonchev–Trinajstić information content (AvgIpc) is 2.14. The minimum Gasteiger partial charge on any atom is -0.325 e. The fourth-order valence-electron chi connectivity index (χ4n) is 0.554. The highest BCUT2D eigenvalue weighted by Crippen LogP contribution is 2.04. The van der Waals surface area contributed by atoms with Crippen LogP contribution in [0, 0.1) is 0 Å². The molecule has 8 heavy (non-hydrogen) atoms. The Morgan fingerprint density at radius 1 is 1.75 bits per heavy atom. The normalized spacial score (nSPS) is 17.2. The van der Waals surface area contributed by atoms with Gasteiger partial charge in [-0.2, -0.15) is 0 Å². The molecule has 1 aliphatic rings. The number of nitrogens with zero attached hydrogens (tertiary/aromatic N) is 2. The lowest BCUT2D eigenvalue weighted by atomic mass is 10.4. The number of rotatable bonds is 1. The molecule has 1 radical (unpaired) electrons. The lowest BCUT2D eigenvalue weighted by Crippen LogP contribution is -2.10. The molecule has 0 spiro atoms. The zero-order valence-electron chi connectivity index (χ0n) is 4.76. The van der Waals surface area contributed by atoms with Crippen LogP contribution in [-0.2, 0) is 0 Å². The monoisotopic (exact) mass is 110 g/mol. The van der Waals surface area contributed by atoms with E-state index in [9.17, 15) is 0 Å². The number of aliphatic imine (C=N–C) groups is 1. The van der Waals surface area contributed by atoms with Crippen molar-refractivity contribution >= 4 is 6.34 Å². The van der Waals surface area contributed by atoms with Gasteiger partial charge in [0.15, 0.2) is 0 Å². The SMILES string of the molecule is CC1=C(CN)[N]C=N1. The minimum absolute atomic E-state index is 0.492. The first-order chi connectivity index (χ1) is 3.84. The van der Waals surface area contributed by atoms with Crippen LogP contribution in [0.3, 0.4) is 0 Å². The standard InChI is InChI=1S/C5H8N3/c1-4-5(2-6)8-3-7-4/h3H,2,6H2,1H3. The first kappa shape index (κ1) is 5.31. The second-order valence-electron chi connectivity index (χ2n) is 1.61. The molecule has 0 aromatic rings. The molecule has 1 aliphatic heterocycles. The third-order valence-electron chi connectivity index (χ3n) is 1.08. The van der Waals surface area contributed by atoms with Gasteiger partial charge in [-0.3, -0.25) is 0 Å². The molecule has 0 aromatic carbocycles. The van der Waals surface area contributed by atoms with Crippen LogP contribution in [0.15, 0.2) is 16.4 Å². The van der Waals surface area contributed by atoms with E-state index in [0.29, 0.717) is 6.54 Å². The summed E-state index contributed by atoms with van der Waals surface area (Å²) < 4.78 is 0. The van der Waals surface area contributed by atoms with Crippen LogP contribution in [0.1, 0.15) is 6.92 Å². The summed E-state index contributed by atoms with van der Waals surface area (Å²) in [6.45, 7) is 2.39. The Kier molecular flexibility index (Phi) is 1.30. The topological polar surface area (TPSA) is 52.5 Å². The van der Waals surface area contributed by atoms with E-state index in [4.69, 9.17) is 5.73 Å². The lowest BCUT2D eigenvalue weighted by molar-refractivity contribution is 1.01. The second kappa shape index (κ2) is 1.96. The first-order valence-corrected chi connectivity index (χ1v) is 2.48. The van der Waals surface area contributed by atoms with Crippen molar-refractivity contribution < 1.29 is 0 Å². The summed E-state index contributed by atoms with van der Waals surface area (Å²) in [7, 11) is 0. The molecule has 0 saturated heterocycles. The van der Waals surface area contributed by atoms with Crippen molar-refractivity contribution in [1.82, 2.24) is 5.32 Å². The van der Waals surface area contributed by atoms with Crippen LogP contribution in [-0.4, -0.2) is 12.9 Å². The second-order valence-corrected chi connectivity index (χ2v) is 1.61. The molecule has 1 heterocycles. The maximum atomic E-state index is 5.29. The van der Waals surface area contributed by atoms with Gasteiger partial charge in [-0.1, -0.05) is 0 Å². The number of hydrogen-bond acceptors (Lipinski definition) is 2. The Morgan fingerprint density at radius 2 is 2.50 bits per heavy atom. The summed E-state index contributed by atoms with van der Waals surface area (Å²) in [5.41, 5.74) is 7.12. The molecule has 1 rings (SSSR count). The number of nitrogens with two attached hydrogens (primary N) is 1. The van der Waals surface area contributed by atoms with E-state index in [0.717, 1.165) is 11.4 Å². The van der Waals surface area contributed by atoms with Crippen molar-refractivity contribution in [3.05, 3.63) is 11.4 Å². The molecule has 2 N–H and O–H groups in total. The van der Waals surface area contributed by atoms with E-state index in [1.165, 1.54) is 6.34 Å². The molecule has 0 aromatic heterocycles. The third kappa shape index (κ3) is 0.721. The van der Waals surface area contributed by atoms with Crippen LogP contribution in [0.5, 0.6) is 0 Å². The summed E-state index contributed by atoms with van der Waals surface area (Å²) in [4.78, 5) is 3.90. The molecule has 43 valence electrons. The zero-order valence-corrected chi connectivity index (χ0v) is 4.76. The quantitative estimate of drug-likeness (QED) is 0.500. The molecule has 0 atom stereocenters. The van der Waals surface area contributed by atoms with Gasteiger partial charge in [0.2, 0.25) is 0 Å². The highest BCUT2D eigenvalue weighted by molar-refractivity contribution is 5.63. The average molecular weight is 110 g/mol. The van der Waals surface area contributed by atoms with Crippen molar-refractivity contribution in [1.29, 1.82) is 0 Å². The lowest BCUT2D eigenvalue weighted by Gasteiger charge is -1.92. The van der Waals surface area contributed by atoms with E-state index in [-0.39, 0.29) is 0 Å². The van der Waals surface area contributed by atoms with Gasteiger partial charge in [-0.15, -0.1) is 0 Å². The predicted molar refractivity (Wildman–Crippen MR) is 32.4 cm³/mol. The van der Waals surface area contributed by atoms with E-state index in [1.54, 1.807) is 0 Å². The number of allylic oxidation sites excluding steroid dienone is 1. The highest BCUT2D eigenvalue weighted by Gasteiger charge is 2.03. The van der Waals surface area contributed by atoms with Crippen molar-refractivity contribution in [2.24, 2.45) is 10.7 Å². The highest BCUT2D eigenvalue weighted by atomic mass is 15.0. The van der Waals surface area contributed by atoms with Gasteiger partial charge in [-0.05, 0) is 6.92 Å². The summed E-state index contributed by atoms with van der Waals surface area (Å²) in [5.74, 6) is 0. The van der Waals surface area contributed by atoms with Gasteiger partial charge in [-0.25, -0.2) is 10.3 Å². The molecular formula is C5H8N3. The molecule has 3 nitrogen and oxygen atoms in total. The van der Waals surface area contributed by atoms with E-state index >= 15 is 0 Å². The number of hydrogen-bond donors (Lipinski definition) is 1. The van der Waals surface area contributed by atoms with Crippen molar-refractivity contribution in [3.63, 3.8) is 0 Å². The fraction of sp³-hybridized carbons (Fsp3) is 0.400. The van der Waals surface area contributed by atoms with E-state index < -0.39 is 0 Å². The minimum atomic E-state index is 0.492. The van der Waals surface area contributed by atoms with Gasteiger partial charge in [0.05, 0.1) is 11.4 Å². The molecular weight excluding hydrogens is 102 g/mol. The smallest absolute Gasteiger partial charge is 0.116 e. The van der Waals surface area contributed by atoms with Crippen LogP contribution in [0.2, 0.25) is 0 Å². The summed E-state index contributed by atoms with van der Waals surface area (Å²) in [6, 6.07) is 0. The predicted octanol–water partition coefficient (Wildman–Crippen LogP) is -0.177. The third-order valence-corrected chi connectivity index (χ3v) is 1.08. The Morgan fingerprint density at radius 3 is 2.75 bits per heavy atom. The van der Waals surface area contributed by atoms with Crippen molar-refractivity contribution in [2.75, 3.05) is 6.54 Å². The van der Waals surface area contributed by atoms with Crippen LogP contribution in [0.25, 0.3) is 0 Å². The largest absolute Gasteiger partial charge is 0.325 e. The summed E-state index contributed by atoms with van der Waals surface area (Å²) >= 11 is 0. The Bertz CT molecular complexity index is 146. The molecule has 0 amide bonds. The van der Waals surface area contributed by atoms with E-state index in [2.05, 4.69) is 10.3 Å². The molecule has 0 aliphatic carbocycles. The Balaban J connectivity index is 2.68. The Hall–Kier alpha value is -0.830. The van der Waals surface area contributed by atoms with Crippen LogP contribution >= 0.6 is 0 Å². The molecule has 0 unspecified atom stereocenters. The zero-order chi connectivity index (χ0) is 5.98. The van der Waals surface area contributed by atoms with Crippen LogP contribution < -0.4 is 11.1 Å². The van der Waals surface area contributed by atoms with Crippen LogP contribution in [0.4, 0.5) is 0 Å². The van der Waals surface area contributed by atoms with Gasteiger partial charge < -0.3 is 5.73 Å². The van der Waals surface area contributed by atoms with Crippen molar-refractivity contribution in [3.8, 4) is 0 Å². The summed E-state index contributed by atoms with van der Waals surface area (Å²) in [5, 5.41) is 3.90. The summed E-state index contributed by atoms with van der Waals surface area (Å²) in [6.07, 6.45) is 1.53. The van der Waals surface area contributed by atoms with Crippen molar-refractivity contribution in [2.45, 2.75) is 6.92 Å². The molecule has 0 bridgehead atoms. The molecule has 3 heteroatoms. The van der Waals surface area contributed by atoms with Gasteiger partial charge in [0, 0.05) is 6.54 Å². The molecule has 0 saturated carbocycles. The fourth-order valence-corrected chi connectivity index (χ4v) is 0.554. The van der Waals surface area contributed by atoms with Gasteiger partial charge in [0.1, 0.15) is 6.34 Å².